The predicted molar refractivity (Wildman–Crippen MR) is 122 cm³/mol. The van der Waals surface area contributed by atoms with Crippen LogP contribution in [0.5, 0.6) is 0 Å². The van der Waals surface area contributed by atoms with Gasteiger partial charge in [-0.2, -0.15) is 0 Å². The van der Waals surface area contributed by atoms with Crippen LogP contribution in [0.1, 0.15) is 29.0 Å². The Morgan fingerprint density at radius 2 is 1.80 bits per heavy atom. The van der Waals surface area contributed by atoms with Crippen LogP contribution in [0.25, 0.3) is 21.3 Å². The summed E-state index contributed by atoms with van der Waals surface area (Å²) in [5, 5.41) is 3.56. The van der Waals surface area contributed by atoms with Gasteiger partial charge in [0.05, 0.1) is 17.8 Å². The average molecular weight is 418 g/mol. The van der Waals surface area contributed by atoms with Crippen LogP contribution in [0, 0.1) is 13.8 Å². The molecule has 30 heavy (non-hydrogen) atoms. The summed E-state index contributed by atoms with van der Waals surface area (Å²) in [6.45, 7) is 5.89. The second-order valence-corrected chi connectivity index (χ2v) is 8.61. The Morgan fingerprint density at radius 3 is 2.53 bits per heavy atom. The number of nitrogens with one attached hydrogen (secondary N) is 1. The Labute approximate surface area is 179 Å². The third-order valence-electron chi connectivity index (χ3n) is 5.26. The summed E-state index contributed by atoms with van der Waals surface area (Å²) in [5.74, 6) is -0.220. The summed E-state index contributed by atoms with van der Waals surface area (Å²) >= 11 is 1.50. The molecule has 5 nitrogen and oxygen atoms in total. The highest BCUT2D eigenvalue weighted by Gasteiger charge is 2.18. The monoisotopic (exact) mass is 417 g/mol. The second kappa shape index (κ2) is 8.24. The van der Waals surface area contributed by atoms with Crippen LogP contribution >= 0.6 is 11.3 Å². The smallest absolute Gasteiger partial charge is 0.263 e. The summed E-state index contributed by atoms with van der Waals surface area (Å²) in [7, 11) is 0. The summed E-state index contributed by atoms with van der Waals surface area (Å²) in [4.78, 5) is 32.1. The van der Waals surface area contributed by atoms with E-state index in [0.717, 1.165) is 27.1 Å². The molecule has 0 saturated heterocycles. The van der Waals surface area contributed by atoms with Gasteiger partial charge in [0.25, 0.3) is 5.56 Å². The number of aryl methyl sites for hydroxylation is 2. The summed E-state index contributed by atoms with van der Waals surface area (Å²) in [6, 6.07) is 17.6. The molecule has 0 spiro atoms. The molecule has 4 aromatic rings. The molecule has 0 aliphatic heterocycles. The van der Waals surface area contributed by atoms with Crippen LogP contribution < -0.4 is 10.9 Å². The van der Waals surface area contributed by atoms with E-state index < -0.39 is 0 Å². The van der Waals surface area contributed by atoms with Crippen molar-refractivity contribution < 1.29 is 4.79 Å². The Kier molecular flexibility index (Phi) is 5.50. The number of nitrogens with zero attached hydrogens (tertiary/aromatic N) is 2. The van der Waals surface area contributed by atoms with E-state index >= 15 is 0 Å². The number of hydrogen-bond acceptors (Lipinski definition) is 4. The van der Waals surface area contributed by atoms with Gasteiger partial charge in [0, 0.05) is 10.4 Å². The minimum Gasteiger partial charge on any atom is -0.348 e. The van der Waals surface area contributed by atoms with E-state index in [9.17, 15) is 9.59 Å². The van der Waals surface area contributed by atoms with Gasteiger partial charge in [0.15, 0.2) is 0 Å². The number of fused-ring (bicyclic) bond motifs is 1. The van der Waals surface area contributed by atoms with Gasteiger partial charge >= 0.3 is 0 Å². The molecule has 6 heteroatoms. The fourth-order valence-corrected chi connectivity index (χ4v) is 4.80. The van der Waals surface area contributed by atoms with Crippen molar-refractivity contribution in [2.75, 3.05) is 0 Å². The molecule has 0 radical (unpaired) electrons. The minimum atomic E-state index is -0.220. The molecule has 0 aliphatic carbocycles. The summed E-state index contributed by atoms with van der Waals surface area (Å²) in [5.41, 5.74) is 3.87. The van der Waals surface area contributed by atoms with E-state index in [1.165, 1.54) is 22.2 Å². The maximum atomic E-state index is 13.2. The Hall–Kier alpha value is -3.25. The Morgan fingerprint density at radius 1 is 1.10 bits per heavy atom. The van der Waals surface area contributed by atoms with Crippen LogP contribution in [-0.2, 0) is 11.3 Å². The van der Waals surface area contributed by atoms with Crippen molar-refractivity contribution in [2.45, 2.75) is 33.4 Å². The topological polar surface area (TPSA) is 64.0 Å². The third kappa shape index (κ3) is 3.78. The Bertz CT molecular complexity index is 1270. The third-order valence-corrected chi connectivity index (χ3v) is 6.28. The fraction of sp³-hybridized carbons (Fsp3) is 0.208. The predicted octanol–water partition coefficient (Wildman–Crippen LogP) is 4.62. The average Bonchev–Trinajstić information content (AvgIpc) is 3.07. The maximum absolute atomic E-state index is 13.2. The van der Waals surface area contributed by atoms with Gasteiger partial charge in [0.1, 0.15) is 11.4 Å². The zero-order chi connectivity index (χ0) is 21.3. The molecule has 4 rings (SSSR count). The maximum Gasteiger partial charge on any atom is 0.263 e. The molecule has 0 fully saturated rings. The zero-order valence-corrected chi connectivity index (χ0v) is 18.0. The van der Waals surface area contributed by atoms with E-state index in [1.807, 2.05) is 75.4 Å². The van der Waals surface area contributed by atoms with Crippen molar-refractivity contribution in [3.05, 3.63) is 87.3 Å². The van der Waals surface area contributed by atoms with Crippen molar-refractivity contribution >= 4 is 27.5 Å². The number of aromatic nitrogens is 2. The number of carbonyl (C=O) groups is 1. The second-order valence-electron chi connectivity index (χ2n) is 7.40. The minimum absolute atomic E-state index is 0.0683. The van der Waals surface area contributed by atoms with Gasteiger partial charge < -0.3 is 5.32 Å². The Balaban J connectivity index is 1.64. The zero-order valence-electron chi connectivity index (χ0n) is 17.2. The van der Waals surface area contributed by atoms with E-state index in [0.29, 0.717) is 10.2 Å². The standard InChI is InChI=1S/C24H23N3O2S/c1-15-9-7-8-12-19(15)16(2)26-20(28)13-27-14-25-23-22(24(27)29)21(17(3)30-23)18-10-5-4-6-11-18/h4-12,14,16H,13H2,1-3H3,(H,26,28). The molecule has 152 valence electrons. The van der Waals surface area contributed by atoms with E-state index in [-0.39, 0.29) is 24.1 Å². The molecule has 1 amide bonds. The first kappa shape index (κ1) is 20.0. The first-order chi connectivity index (χ1) is 14.5. The largest absolute Gasteiger partial charge is 0.348 e. The molecule has 2 aromatic heterocycles. The molecule has 1 unspecified atom stereocenters. The van der Waals surface area contributed by atoms with Crippen LogP contribution in [0.4, 0.5) is 0 Å². The van der Waals surface area contributed by atoms with Crippen LogP contribution in [0.3, 0.4) is 0 Å². The van der Waals surface area contributed by atoms with Gasteiger partial charge in [-0.05, 0) is 37.5 Å². The van der Waals surface area contributed by atoms with Crippen molar-refractivity contribution in [2.24, 2.45) is 0 Å². The van der Waals surface area contributed by atoms with E-state index in [2.05, 4.69) is 10.3 Å². The molecule has 1 atom stereocenters. The number of thiophene rings is 1. The van der Waals surface area contributed by atoms with Crippen molar-refractivity contribution in [1.29, 1.82) is 0 Å². The molecular weight excluding hydrogens is 394 g/mol. The van der Waals surface area contributed by atoms with Crippen molar-refractivity contribution in [3.8, 4) is 11.1 Å². The number of amides is 1. The highest BCUT2D eigenvalue weighted by molar-refractivity contribution is 7.19. The lowest BCUT2D eigenvalue weighted by atomic mass is 10.0. The molecular formula is C24H23N3O2S. The van der Waals surface area contributed by atoms with Gasteiger partial charge in [0.2, 0.25) is 5.91 Å². The van der Waals surface area contributed by atoms with Gasteiger partial charge in [-0.3, -0.25) is 14.2 Å². The van der Waals surface area contributed by atoms with Gasteiger partial charge in [-0.1, -0.05) is 54.6 Å². The first-order valence-corrected chi connectivity index (χ1v) is 10.7. The normalized spacial score (nSPS) is 12.1. The van der Waals surface area contributed by atoms with E-state index in [4.69, 9.17) is 0 Å². The highest BCUT2D eigenvalue weighted by atomic mass is 32.1. The molecule has 2 aromatic carbocycles. The van der Waals surface area contributed by atoms with Crippen LogP contribution in [0.15, 0.2) is 65.7 Å². The fourth-order valence-electron chi connectivity index (χ4n) is 3.79. The molecule has 0 bridgehead atoms. The van der Waals surface area contributed by atoms with Crippen molar-refractivity contribution in [3.63, 3.8) is 0 Å². The molecule has 2 heterocycles. The highest BCUT2D eigenvalue weighted by Crippen LogP contribution is 2.35. The van der Waals surface area contributed by atoms with Gasteiger partial charge in [-0.15, -0.1) is 11.3 Å². The van der Waals surface area contributed by atoms with Crippen LogP contribution in [-0.4, -0.2) is 15.5 Å². The van der Waals surface area contributed by atoms with E-state index in [1.54, 1.807) is 0 Å². The van der Waals surface area contributed by atoms with Crippen molar-refractivity contribution in [1.82, 2.24) is 14.9 Å². The van der Waals surface area contributed by atoms with Gasteiger partial charge in [-0.25, -0.2) is 4.98 Å². The summed E-state index contributed by atoms with van der Waals surface area (Å²) in [6.07, 6.45) is 1.47. The number of hydrogen-bond donors (Lipinski definition) is 1. The number of carbonyl (C=O) groups excluding carboxylic acids is 1. The first-order valence-electron chi connectivity index (χ1n) is 9.84. The lowest BCUT2D eigenvalue weighted by Crippen LogP contribution is -2.34. The molecule has 0 saturated carbocycles. The quantitative estimate of drug-likeness (QED) is 0.515. The SMILES string of the molecule is Cc1ccccc1C(C)NC(=O)Cn1cnc2sc(C)c(-c3ccccc3)c2c1=O. The molecule has 1 N–H and O–H groups in total. The number of benzene rings is 2. The lowest BCUT2D eigenvalue weighted by molar-refractivity contribution is -0.122. The molecule has 0 aliphatic rings. The number of rotatable bonds is 5. The summed E-state index contributed by atoms with van der Waals surface area (Å²) < 4.78 is 1.39. The lowest BCUT2D eigenvalue weighted by Gasteiger charge is -2.17. The van der Waals surface area contributed by atoms with Crippen LogP contribution in [0.2, 0.25) is 0 Å².